The SMILES string of the molecule is CCCCCOc1cccc(C(=O)N2CCN(c3nc4c(OC)c(Cl)ccc4s3)CC2)c1. The third kappa shape index (κ3) is 4.94. The Labute approximate surface area is 197 Å². The highest BCUT2D eigenvalue weighted by Gasteiger charge is 2.25. The van der Waals surface area contributed by atoms with Gasteiger partial charge < -0.3 is 19.3 Å². The number of hydrogen-bond donors (Lipinski definition) is 0. The zero-order chi connectivity index (χ0) is 22.5. The molecule has 4 rings (SSSR count). The Bertz CT molecular complexity index is 1080. The van der Waals surface area contributed by atoms with Crippen LogP contribution in [0.4, 0.5) is 5.13 Å². The summed E-state index contributed by atoms with van der Waals surface area (Å²) in [6.45, 7) is 5.61. The summed E-state index contributed by atoms with van der Waals surface area (Å²) in [5.41, 5.74) is 1.46. The van der Waals surface area contributed by atoms with Crippen LogP contribution < -0.4 is 14.4 Å². The van der Waals surface area contributed by atoms with E-state index in [-0.39, 0.29) is 5.91 Å². The maximum Gasteiger partial charge on any atom is 0.254 e. The second kappa shape index (κ2) is 10.4. The molecule has 1 amide bonds. The van der Waals surface area contributed by atoms with E-state index in [1.54, 1.807) is 18.4 Å². The minimum absolute atomic E-state index is 0.0430. The standard InChI is InChI=1S/C24H28ClN3O3S/c1-3-4-5-15-31-18-8-6-7-17(16-18)23(29)27-11-13-28(14-12-27)24-26-21-20(32-24)10-9-19(25)22(21)30-2/h6-10,16H,3-5,11-15H2,1-2H3. The van der Waals surface area contributed by atoms with Gasteiger partial charge in [-0.2, -0.15) is 0 Å². The van der Waals surface area contributed by atoms with Gasteiger partial charge in [-0.1, -0.05) is 48.8 Å². The smallest absolute Gasteiger partial charge is 0.254 e. The molecule has 0 saturated carbocycles. The molecule has 2 heterocycles. The Morgan fingerprint density at radius 3 is 2.72 bits per heavy atom. The number of aromatic nitrogens is 1. The van der Waals surface area contributed by atoms with Crippen LogP contribution in [0.5, 0.6) is 11.5 Å². The maximum absolute atomic E-state index is 13.0. The molecule has 0 aliphatic carbocycles. The number of carbonyl (C=O) groups is 1. The topological polar surface area (TPSA) is 54.9 Å². The van der Waals surface area contributed by atoms with Crippen LogP contribution in [0.3, 0.4) is 0 Å². The number of amides is 1. The van der Waals surface area contributed by atoms with Crippen molar-refractivity contribution in [1.29, 1.82) is 0 Å². The van der Waals surface area contributed by atoms with E-state index in [0.717, 1.165) is 53.4 Å². The van der Waals surface area contributed by atoms with Crippen molar-refractivity contribution in [1.82, 2.24) is 9.88 Å². The highest BCUT2D eigenvalue weighted by molar-refractivity contribution is 7.22. The quantitative estimate of drug-likeness (QED) is 0.405. The van der Waals surface area contributed by atoms with Gasteiger partial charge in [0.1, 0.15) is 11.3 Å². The predicted octanol–water partition coefficient (Wildman–Crippen LogP) is 5.49. The van der Waals surface area contributed by atoms with Gasteiger partial charge in [0.25, 0.3) is 5.91 Å². The van der Waals surface area contributed by atoms with Crippen LogP contribution in [0.15, 0.2) is 36.4 Å². The normalized spacial score (nSPS) is 14.1. The van der Waals surface area contributed by atoms with Gasteiger partial charge in [0.2, 0.25) is 0 Å². The molecule has 6 nitrogen and oxygen atoms in total. The number of methoxy groups -OCH3 is 1. The van der Waals surface area contributed by atoms with Crippen LogP contribution >= 0.6 is 22.9 Å². The molecule has 0 atom stereocenters. The number of nitrogens with zero attached hydrogens (tertiary/aromatic N) is 3. The van der Waals surface area contributed by atoms with E-state index in [1.807, 2.05) is 41.3 Å². The van der Waals surface area contributed by atoms with Crippen molar-refractivity contribution in [2.24, 2.45) is 0 Å². The van der Waals surface area contributed by atoms with Crippen LogP contribution in [0.2, 0.25) is 5.02 Å². The van der Waals surface area contributed by atoms with Gasteiger partial charge >= 0.3 is 0 Å². The number of rotatable bonds is 8. The summed E-state index contributed by atoms with van der Waals surface area (Å²) in [6.07, 6.45) is 3.34. The number of ether oxygens (including phenoxy) is 2. The highest BCUT2D eigenvalue weighted by atomic mass is 35.5. The number of carbonyl (C=O) groups excluding carboxylic acids is 1. The van der Waals surface area contributed by atoms with E-state index in [0.29, 0.717) is 36.0 Å². The summed E-state index contributed by atoms with van der Waals surface area (Å²) in [6, 6.07) is 11.3. The lowest BCUT2D eigenvalue weighted by Crippen LogP contribution is -2.48. The number of fused-ring (bicyclic) bond motifs is 1. The van der Waals surface area contributed by atoms with Crippen molar-refractivity contribution < 1.29 is 14.3 Å². The molecule has 1 fully saturated rings. The molecule has 0 spiro atoms. The van der Waals surface area contributed by atoms with Crippen LogP contribution in [0.25, 0.3) is 10.2 Å². The number of hydrogen-bond acceptors (Lipinski definition) is 6. The van der Waals surface area contributed by atoms with E-state index in [2.05, 4.69) is 11.8 Å². The zero-order valence-electron chi connectivity index (χ0n) is 18.5. The first kappa shape index (κ1) is 22.7. The molecular weight excluding hydrogens is 446 g/mol. The van der Waals surface area contributed by atoms with E-state index in [1.165, 1.54) is 0 Å². The summed E-state index contributed by atoms with van der Waals surface area (Å²) in [5.74, 6) is 1.41. The first-order valence-electron chi connectivity index (χ1n) is 11.0. The molecule has 2 aromatic carbocycles. The van der Waals surface area contributed by atoms with Gasteiger partial charge in [-0.05, 0) is 36.8 Å². The fourth-order valence-electron chi connectivity index (χ4n) is 3.81. The van der Waals surface area contributed by atoms with Gasteiger partial charge in [0.05, 0.1) is 23.4 Å². The molecule has 1 aromatic heterocycles. The van der Waals surface area contributed by atoms with Crippen molar-refractivity contribution in [2.75, 3.05) is 44.8 Å². The Hall–Kier alpha value is -2.51. The average Bonchev–Trinajstić information content (AvgIpc) is 3.26. The largest absolute Gasteiger partial charge is 0.494 e. The predicted molar refractivity (Wildman–Crippen MR) is 131 cm³/mol. The van der Waals surface area contributed by atoms with E-state index in [4.69, 9.17) is 26.1 Å². The van der Waals surface area contributed by atoms with Crippen LogP contribution in [-0.4, -0.2) is 55.7 Å². The van der Waals surface area contributed by atoms with Crippen molar-refractivity contribution in [3.8, 4) is 11.5 Å². The molecule has 1 aliphatic heterocycles. The van der Waals surface area contributed by atoms with Gasteiger partial charge in [0, 0.05) is 31.7 Å². The van der Waals surface area contributed by atoms with Crippen molar-refractivity contribution in [3.63, 3.8) is 0 Å². The highest BCUT2D eigenvalue weighted by Crippen LogP contribution is 2.38. The molecule has 32 heavy (non-hydrogen) atoms. The van der Waals surface area contributed by atoms with Gasteiger partial charge in [0.15, 0.2) is 10.9 Å². The van der Waals surface area contributed by atoms with E-state index >= 15 is 0 Å². The number of anilines is 1. The summed E-state index contributed by atoms with van der Waals surface area (Å²) in [7, 11) is 1.61. The molecule has 1 saturated heterocycles. The first-order chi connectivity index (χ1) is 15.6. The Morgan fingerprint density at radius 2 is 1.97 bits per heavy atom. The second-order valence-electron chi connectivity index (χ2n) is 7.79. The monoisotopic (exact) mass is 473 g/mol. The Balaban J connectivity index is 1.38. The van der Waals surface area contributed by atoms with E-state index in [9.17, 15) is 4.79 Å². The molecule has 8 heteroatoms. The Kier molecular flexibility index (Phi) is 7.37. The average molecular weight is 474 g/mol. The number of benzene rings is 2. The zero-order valence-corrected chi connectivity index (χ0v) is 20.0. The van der Waals surface area contributed by atoms with E-state index < -0.39 is 0 Å². The first-order valence-corrected chi connectivity index (χ1v) is 12.2. The fourth-order valence-corrected chi connectivity index (χ4v) is 5.05. The van der Waals surface area contributed by atoms with Crippen molar-refractivity contribution in [3.05, 3.63) is 47.0 Å². The lowest BCUT2D eigenvalue weighted by Gasteiger charge is -2.34. The maximum atomic E-state index is 13.0. The van der Waals surface area contributed by atoms with Gasteiger partial charge in [-0.3, -0.25) is 4.79 Å². The summed E-state index contributed by atoms with van der Waals surface area (Å²) in [4.78, 5) is 21.9. The van der Waals surface area contributed by atoms with Gasteiger partial charge in [-0.15, -0.1) is 0 Å². The van der Waals surface area contributed by atoms with Crippen LogP contribution in [0, 0.1) is 0 Å². The molecule has 3 aromatic rings. The van der Waals surface area contributed by atoms with Crippen LogP contribution in [-0.2, 0) is 0 Å². The lowest BCUT2D eigenvalue weighted by atomic mass is 10.1. The number of thiazole rings is 1. The molecule has 0 unspecified atom stereocenters. The molecule has 1 aliphatic rings. The third-order valence-electron chi connectivity index (χ3n) is 5.59. The third-order valence-corrected chi connectivity index (χ3v) is 6.97. The van der Waals surface area contributed by atoms with Crippen molar-refractivity contribution >= 4 is 44.2 Å². The summed E-state index contributed by atoms with van der Waals surface area (Å²) >= 11 is 7.85. The molecule has 0 radical (unpaired) electrons. The molecule has 0 N–H and O–H groups in total. The summed E-state index contributed by atoms with van der Waals surface area (Å²) in [5, 5.41) is 1.49. The molecular formula is C24H28ClN3O3S. The van der Waals surface area contributed by atoms with Crippen LogP contribution in [0.1, 0.15) is 36.5 Å². The molecule has 0 bridgehead atoms. The number of unbranched alkanes of at least 4 members (excludes halogenated alkanes) is 2. The van der Waals surface area contributed by atoms with Gasteiger partial charge in [-0.25, -0.2) is 4.98 Å². The molecule has 170 valence electrons. The van der Waals surface area contributed by atoms with Crippen molar-refractivity contribution in [2.45, 2.75) is 26.2 Å². The Morgan fingerprint density at radius 1 is 1.16 bits per heavy atom. The lowest BCUT2D eigenvalue weighted by molar-refractivity contribution is 0.0746. The number of halogens is 1. The minimum atomic E-state index is 0.0430. The second-order valence-corrected chi connectivity index (χ2v) is 9.20. The minimum Gasteiger partial charge on any atom is -0.494 e. The number of piperazine rings is 1. The fraction of sp³-hybridized carbons (Fsp3) is 0.417. The summed E-state index contributed by atoms with van der Waals surface area (Å²) < 4.78 is 12.3.